The smallest absolute Gasteiger partial charge is 0.281 e. The number of hydrogen-bond donors (Lipinski definition) is 3. The van der Waals surface area contributed by atoms with Gasteiger partial charge < -0.3 is 20.3 Å². The minimum Gasteiger partial charge on any atom is -0.358 e. The molecule has 230 valence electrons. The molecule has 3 fully saturated rings. The Morgan fingerprint density at radius 2 is 2.02 bits per heavy atom. The molecule has 10 heteroatoms. The van der Waals surface area contributed by atoms with Crippen molar-refractivity contribution in [1.82, 2.24) is 25.0 Å². The molecule has 5 heterocycles. The molecule has 7 rings (SSSR count). The number of aromatic nitrogens is 1. The predicted molar refractivity (Wildman–Crippen MR) is 161 cm³/mol. The van der Waals surface area contributed by atoms with E-state index in [4.69, 9.17) is 4.74 Å². The number of likely N-dealkylation sites (N-methyl/N-ethyl adjacent to an activating group) is 1. The van der Waals surface area contributed by atoms with E-state index in [9.17, 15) is 19.5 Å². The third kappa shape index (κ3) is 3.78. The number of amides is 3. The molecule has 1 aromatic carbocycles. The number of piperazine rings is 1. The van der Waals surface area contributed by atoms with Gasteiger partial charge in [0.2, 0.25) is 17.5 Å². The minimum atomic E-state index is -2.01. The second-order valence-electron chi connectivity index (χ2n) is 13.7. The molecule has 3 amide bonds. The molecule has 1 aromatic heterocycles. The maximum absolute atomic E-state index is 14.5. The predicted octanol–water partition coefficient (Wildman–Crippen LogP) is 2.74. The monoisotopic (exact) mass is 589 g/mol. The number of benzene rings is 1. The van der Waals surface area contributed by atoms with Gasteiger partial charge in [-0.1, -0.05) is 52.3 Å². The van der Waals surface area contributed by atoms with E-state index in [0.29, 0.717) is 25.9 Å². The average Bonchev–Trinajstić information content (AvgIpc) is 3.65. The zero-order valence-electron chi connectivity index (χ0n) is 25.9. The Hall–Kier alpha value is -3.21. The molecule has 3 N–H and O–H groups in total. The first-order chi connectivity index (χ1) is 20.4. The van der Waals surface area contributed by atoms with Crippen molar-refractivity contribution < 1.29 is 24.2 Å². The van der Waals surface area contributed by atoms with Gasteiger partial charge in [-0.2, -0.15) is 0 Å². The number of hydrogen-bond acceptors (Lipinski definition) is 6. The highest BCUT2D eigenvalue weighted by molar-refractivity contribution is 6.01. The zero-order chi connectivity index (χ0) is 30.6. The number of aliphatic hydroxyl groups is 1. The fourth-order valence-electron chi connectivity index (χ4n) is 8.38. The molecule has 4 aliphatic heterocycles. The molecule has 1 aliphatic carbocycles. The molecule has 0 radical (unpaired) electrons. The first-order valence-electron chi connectivity index (χ1n) is 15.8. The van der Waals surface area contributed by atoms with Crippen LogP contribution in [0.25, 0.3) is 16.5 Å². The summed E-state index contributed by atoms with van der Waals surface area (Å²) < 4.78 is 6.46. The van der Waals surface area contributed by atoms with Gasteiger partial charge >= 0.3 is 0 Å². The first-order valence-corrected chi connectivity index (χ1v) is 15.8. The Morgan fingerprint density at radius 3 is 2.74 bits per heavy atom. The van der Waals surface area contributed by atoms with Crippen LogP contribution in [0.1, 0.15) is 63.8 Å². The van der Waals surface area contributed by atoms with E-state index in [1.807, 2.05) is 40.8 Å². The Kier molecular flexibility index (Phi) is 6.40. The Labute approximate surface area is 252 Å². The number of rotatable bonds is 5. The van der Waals surface area contributed by atoms with E-state index in [0.717, 1.165) is 29.5 Å². The van der Waals surface area contributed by atoms with Gasteiger partial charge in [-0.25, -0.2) is 0 Å². The van der Waals surface area contributed by atoms with Crippen molar-refractivity contribution in [2.45, 2.75) is 90.1 Å². The molecule has 10 nitrogen and oxygen atoms in total. The highest BCUT2D eigenvalue weighted by Gasteiger charge is 2.72. The summed E-state index contributed by atoms with van der Waals surface area (Å²) in [6.07, 6.45) is 4.81. The summed E-state index contributed by atoms with van der Waals surface area (Å²) in [5, 5.41) is 16.4. The number of carbonyl (C=O) groups excluding carboxylic acids is 3. The summed E-state index contributed by atoms with van der Waals surface area (Å²) in [5.74, 6) is -4.29. The maximum atomic E-state index is 14.5. The number of aryl methyl sites for hydroxylation is 1. The lowest BCUT2D eigenvalue weighted by atomic mass is 9.79. The molecule has 2 aromatic rings. The van der Waals surface area contributed by atoms with Crippen molar-refractivity contribution in [3.05, 3.63) is 41.1 Å². The number of nitrogens with one attached hydrogen (secondary N) is 2. The number of nitrogens with zero attached hydrogens (tertiary/aromatic N) is 3. The van der Waals surface area contributed by atoms with Crippen molar-refractivity contribution in [2.75, 3.05) is 20.1 Å². The largest absolute Gasteiger partial charge is 0.358 e. The molecular weight excluding hydrogens is 546 g/mol. The summed E-state index contributed by atoms with van der Waals surface area (Å²) in [5.41, 5.74) is 4.04. The standard InChI is InChI=1S/C33H43N5O5/c1-7-18(4)28-30(40)37-13-9-12-26(37)33(42)38(28)31(41)32(43-33,17(2)3)35-29(39)20-14-23-21-10-8-11-24-27(21)22(19(5)34-24)15-25(23)36(6)16-20/h8,10-11,14,17-18,20,25-26,28,34,42H,7,9,12-13,15-16H2,1-6H3,(H,35,39)/t18?,20-,25-,26+,28+,32-,33+/m1/s1. The van der Waals surface area contributed by atoms with Gasteiger partial charge in [0.15, 0.2) is 0 Å². The fraction of sp³-hybridized carbons (Fsp3) is 0.606. The van der Waals surface area contributed by atoms with Crippen molar-refractivity contribution >= 4 is 34.2 Å². The topological polar surface area (TPSA) is 118 Å². The van der Waals surface area contributed by atoms with Gasteiger partial charge in [-0.05, 0) is 61.9 Å². The van der Waals surface area contributed by atoms with E-state index >= 15 is 0 Å². The van der Waals surface area contributed by atoms with Gasteiger partial charge in [0.1, 0.15) is 12.1 Å². The summed E-state index contributed by atoms with van der Waals surface area (Å²) >= 11 is 0. The van der Waals surface area contributed by atoms with Crippen LogP contribution >= 0.6 is 0 Å². The molecule has 43 heavy (non-hydrogen) atoms. The molecule has 7 atom stereocenters. The lowest BCUT2D eigenvalue weighted by molar-refractivity contribution is -0.324. The van der Waals surface area contributed by atoms with Gasteiger partial charge in [-0.15, -0.1) is 0 Å². The normalized spacial score (nSPS) is 34.4. The van der Waals surface area contributed by atoms with Crippen LogP contribution in [0.5, 0.6) is 0 Å². The summed E-state index contributed by atoms with van der Waals surface area (Å²) in [6, 6.07) is 4.86. The molecular formula is C33H43N5O5. The van der Waals surface area contributed by atoms with Crippen LogP contribution in [0.15, 0.2) is 24.3 Å². The number of H-pyrrole nitrogens is 1. The average molecular weight is 590 g/mol. The summed E-state index contributed by atoms with van der Waals surface area (Å²) in [4.78, 5) is 51.1. The highest BCUT2D eigenvalue weighted by Crippen LogP contribution is 2.49. The Balaban J connectivity index is 1.26. The SMILES string of the molecule is CCC(C)[C@H]1C(=O)N2CCC[C@H]2[C@]2(O)O[C@](NC(=O)[C@@H]3C=C4c5cccc6[nH]c(C)c(c56)C[C@H]4N(C)C3)(C(C)C)C(=O)N12. The van der Waals surface area contributed by atoms with Gasteiger partial charge in [0.05, 0.1) is 5.92 Å². The molecule has 5 aliphatic rings. The highest BCUT2D eigenvalue weighted by atomic mass is 16.7. The Morgan fingerprint density at radius 1 is 1.26 bits per heavy atom. The Bertz CT molecular complexity index is 1560. The lowest BCUT2D eigenvalue weighted by Crippen LogP contribution is -2.72. The molecule has 3 saturated heterocycles. The third-order valence-electron chi connectivity index (χ3n) is 10.9. The molecule has 0 saturated carbocycles. The van der Waals surface area contributed by atoms with Crippen LogP contribution in [0.3, 0.4) is 0 Å². The van der Waals surface area contributed by atoms with E-state index in [1.165, 1.54) is 21.5 Å². The van der Waals surface area contributed by atoms with Crippen molar-refractivity contribution in [1.29, 1.82) is 0 Å². The van der Waals surface area contributed by atoms with Crippen molar-refractivity contribution in [3.8, 4) is 0 Å². The van der Waals surface area contributed by atoms with Crippen LogP contribution < -0.4 is 5.32 Å². The van der Waals surface area contributed by atoms with Crippen LogP contribution in [0.4, 0.5) is 0 Å². The maximum Gasteiger partial charge on any atom is 0.281 e. The van der Waals surface area contributed by atoms with Crippen LogP contribution in [-0.2, 0) is 25.5 Å². The van der Waals surface area contributed by atoms with Gasteiger partial charge in [0, 0.05) is 41.6 Å². The fourth-order valence-corrected chi connectivity index (χ4v) is 8.38. The third-order valence-corrected chi connectivity index (χ3v) is 10.9. The number of carbonyl (C=O) groups is 3. The molecule has 0 spiro atoms. The molecule has 0 bridgehead atoms. The van der Waals surface area contributed by atoms with Gasteiger partial charge in [-0.3, -0.25) is 28.9 Å². The summed E-state index contributed by atoms with van der Waals surface area (Å²) in [7, 11) is 2.04. The minimum absolute atomic E-state index is 0.144. The number of ether oxygens (including phenoxy) is 1. The second kappa shape index (κ2) is 9.64. The summed E-state index contributed by atoms with van der Waals surface area (Å²) in [6.45, 7) is 10.6. The van der Waals surface area contributed by atoms with Crippen LogP contribution in [-0.4, -0.2) is 92.4 Å². The quantitative estimate of drug-likeness (QED) is 0.494. The molecule has 1 unspecified atom stereocenters. The number of fused-ring (bicyclic) bond motifs is 5. The van der Waals surface area contributed by atoms with E-state index in [1.54, 1.807) is 4.90 Å². The zero-order valence-corrected chi connectivity index (χ0v) is 25.9. The van der Waals surface area contributed by atoms with E-state index in [2.05, 4.69) is 40.3 Å². The number of aromatic amines is 1. The lowest BCUT2D eigenvalue weighted by Gasteiger charge is -2.50. The van der Waals surface area contributed by atoms with E-state index in [-0.39, 0.29) is 23.8 Å². The second-order valence-corrected chi connectivity index (χ2v) is 13.7. The van der Waals surface area contributed by atoms with Crippen LogP contribution in [0, 0.1) is 24.7 Å². The van der Waals surface area contributed by atoms with Crippen LogP contribution in [0.2, 0.25) is 0 Å². The van der Waals surface area contributed by atoms with Gasteiger partial charge in [0.25, 0.3) is 11.8 Å². The van der Waals surface area contributed by atoms with Crippen molar-refractivity contribution in [2.24, 2.45) is 17.8 Å². The van der Waals surface area contributed by atoms with Crippen molar-refractivity contribution in [3.63, 3.8) is 0 Å². The van der Waals surface area contributed by atoms with E-state index < -0.39 is 41.5 Å². The first kappa shape index (κ1) is 28.6.